The minimum absolute atomic E-state index is 0.0507. The fraction of sp³-hybridized carbons (Fsp3) is 0.500. The van der Waals surface area contributed by atoms with Gasteiger partial charge in [0.15, 0.2) is 0 Å². The van der Waals surface area contributed by atoms with Gasteiger partial charge in [-0.2, -0.15) is 0 Å². The highest BCUT2D eigenvalue weighted by Gasteiger charge is 2.51. The third-order valence-electron chi connectivity index (χ3n) is 8.10. The summed E-state index contributed by atoms with van der Waals surface area (Å²) in [5.41, 5.74) is 1.73. The van der Waals surface area contributed by atoms with Crippen molar-refractivity contribution in [2.45, 2.75) is 56.5 Å². The van der Waals surface area contributed by atoms with E-state index in [2.05, 4.69) is 0 Å². The number of nitrogens with zero attached hydrogens (tertiary/aromatic N) is 2. The van der Waals surface area contributed by atoms with E-state index in [1.165, 1.54) is 4.31 Å². The molecule has 1 aliphatic carbocycles. The largest absolute Gasteiger partial charge is 0.481 e. The van der Waals surface area contributed by atoms with E-state index in [0.29, 0.717) is 29.6 Å². The Bertz CT molecular complexity index is 1290. The van der Waals surface area contributed by atoms with Gasteiger partial charge in [0.05, 0.1) is 24.3 Å². The minimum atomic E-state index is -3.60. The molecule has 0 aromatic heterocycles. The molecule has 0 bridgehead atoms. The minimum Gasteiger partial charge on any atom is -0.481 e. The van der Waals surface area contributed by atoms with Gasteiger partial charge in [-0.15, -0.1) is 0 Å². The van der Waals surface area contributed by atoms with E-state index in [9.17, 15) is 23.1 Å². The van der Waals surface area contributed by atoms with Crippen molar-refractivity contribution in [2.24, 2.45) is 11.8 Å². The van der Waals surface area contributed by atoms with Crippen molar-refractivity contribution < 1.29 is 23.1 Å². The van der Waals surface area contributed by atoms with E-state index in [-0.39, 0.29) is 29.9 Å². The number of rotatable bonds is 9. The van der Waals surface area contributed by atoms with Gasteiger partial charge in [-0.05, 0) is 73.4 Å². The smallest absolute Gasteiger partial charge is 0.304 e. The number of amides is 1. The number of carboxylic acids is 1. The van der Waals surface area contributed by atoms with Crippen LogP contribution in [0.1, 0.15) is 61.6 Å². The molecule has 7 nitrogen and oxygen atoms in total. The molecule has 3 aliphatic rings. The fourth-order valence-electron chi connectivity index (χ4n) is 6.15. The zero-order chi connectivity index (χ0) is 27.0. The van der Waals surface area contributed by atoms with E-state index in [1.54, 1.807) is 23.1 Å². The molecule has 1 saturated carbocycles. The van der Waals surface area contributed by atoms with Crippen LogP contribution < -0.4 is 0 Å². The molecule has 1 N–H and O–H groups in total. The zero-order valence-corrected chi connectivity index (χ0v) is 23.3. The number of hydrogen-bond acceptors (Lipinski definition) is 4. The Morgan fingerprint density at radius 3 is 2.29 bits per heavy atom. The highest BCUT2D eigenvalue weighted by Crippen LogP contribution is 2.50. The first kappa shape index (κ1) is 27.4. The molecule has 1 amide bonds. The molecule has 0 spiro atoms. The van der Waals surface area contributed by atoms with Gasteiger partial charge in [-0.3, -0.25) is 9.59 Å². The average Bonchev–Trinajstić information content (AvgIpc) is 3.55. The normalized spacial score (nSPS) is 25.5. The van der Waals surface area contributed by atoms with Gasteiger partial charge in [-0.25, -0.2) is 12.7 Å². The summed E-state index contributed by atoms with van der Waals surface area (Å²) < 4.78 is 28.6. The monoisotopic (exact) mass is 578 g/mol. The van der Waals surface area contributed by atoms with Crippen LogP contribution in [0.5, 0.6) is 0 Å². The Hall–Kier alpha value is -2.13. The van der Waals surface area contributed by atoms with Gasteiger partial charge < -0.3 is 10.0 Å². The van der Waals surface area contributed by atoms with Crippen molar-refractivity contribution in [3.63, 3.8) is 0 Å². The molecule has 3 fully saturated rings. The number of halogens is 2. The molecule has 10 heteroatoms. The number of sulfonamides is 1. The van der Waals surface area contributed by atoms with Gasteiger partial charge in [-0.1, -0.05) is 47.5 Å². The lowest BCUT2D eigenvalue weighted by atomic mass is 9.74. The number of aliphatic carboxylic acids is 1. The fourth-order valence-corrected chi connectivity index (χ4v) is 8.36. The molecule has 204 valence electrons. The Balaban J connectivity index is 1.63. The number of benzene rings is 2. The summed E-state index contributed by atoms with van der Waals surface area (Å²) in [6.45, 7) is 1.00. The molecular weight excluding hydrogens is 547 g/mol. The second-order valence-electron chi connectivity index (χ2n) is 10.7. The molecule has 0 radical (unpaired) electrons. The van der Waals surface area contributed by atoms with Gasteiger partial charge in [0.25, 0.3) is 0 Å². The molecule has 2 saturated heterocycles. The predicted octanol–water partition coefficient (Wildman–Crippen LogP) is 5.35. The lowest BCUT2D eigenvalue weighted by molar-refractivity contribution is -0.152. The van der Waals surface area contributed by atoms with E-state index in [4.69, 9.17) is 23.2 Å². The number of piperidine rings is 1. The summed E-state index contributed by atoms with van der Waals surface area (Å²) in [5.74, 6) is -2.49. The number of carboxylic acid groups (broad SMARTS) is 1. The summed E-state index contributed by atoms with van der Waals surface area (Å²) in [5, 5.41) is 10.8. The number of carbonyl (C=O) groups is 2. The molecule has 38 heavy (non-hydrogen) atoms. The van der Waals surface area contributed by atoms with Crippen LogP contribution in [0.2, 0.25) is 10.0 Å². The van der Waals surface area contributed by atoms with Crippen LogP contribution in [0.15, 0.2) is 48.5 Å². The van der Waals surface area contributed by atoms with E-state index in [1.807, 2.05) is 30.3 Å². The van der Waals surface area contributed by atoms with Crippen LogP contribution in [-0.4, -0.2) is 59.5 Å². The van der Waals surface area contributed by atoms with E-state index in [0.717, 1.165) is 36.8 Å². The van der Waals surface area contributed by atoms with Crippen molar-refractivity contribution in [1.29, 1.82) is 0 Å². The molecule has 2 aromatic rings. The van der Waals surface area contributed by atoms with Crippen LogP contribution in [0, 0.1) is 11.8 Å². The number of hydrogen-bond donors (Lipinski definition) is 1. The Morgan fingerprint density at radius 2 is 1.68 bits per heavy atom. The van der Waals surface area contributed by atoms with Crippen molar-refractivity contribution in [2.75, 3.05) is 18.8 Å². The number of likely N-dealkylation sites (tertiary alicyclic amines) is 1. The Kier molecular flexibility index (Phi) is 8.06. The first-order valence-electron chi connectivity index (χ1n) is 13.2. The summed E-state index contributed by atoms with van der Waals surface area (Å²) in [6.07, 6.45) is 3.36. The van der Waals surface area contributed by atoms with E-state index >= 15 is 0 Å². The summed E-state index contributed by atoms with van der Waals surface area (Å²) in [6, 6.07) is 13.7. The number of carbonyl (C=O) groups excluding carboxylic acids is 1. The highest BCUT2D eigenvalue weighted by molar-refractivity contribution is 7.89. The summed E-state index contributed by atoms with van der Waals surface area (Å²) in [7, 11) is -3.60. The molecule has 4 unspecified atom stereocenters. The van der Waals surface area contributed by atoms with Crippen molar-refractivity contribution in [1.82, 2.24) is 9.21 Å². The standard InChI is InChI=1S/C28H32Cl2N2O5S/c29-22-10-8-19(9-11-22)27-24(20-4-3-5-23(30)14-20)15-21(16-26(33)34)28(35)32(27)25(18-6-7-18)17-38(36,37)31-12-1-2-13-31/h3-5,8-11,14,18,21,24-25,27H,1-2,6-7,12-13,15-17H2,(H,33,34). The van der Waals surface area contributed by atoms with E-state index < -0.39 is 34.0 Å². The second kappa shape index (κ2) is 11.2. The van der Waals surface area contributed by atoms with Crippen molar-refractivity contribution >= 4 is 45.1 Å². The SMILES string of the molecule is O=C(O)CC1CC(c2cccc(Cl)c2)C(c2ccc(Cl)cc2)N(C(CS(=O)(=O)N2CCCC2)C2CC2)C1=O. The highest BCUT2D eigenvalue weighted by atomic mass is 35.5. The molecule has 2 heterocycles. The van der Waals surface area contributed by atoms with Gasteiger partial charge in [0.1, 0.15) is 0 Å². The molecule has 2 aromatic carbocycles. The van der Waals surface area contributed by atoms with Crippen LogP contribution in [0.4, 0.5) is 0 Å². The zero-order valence-electron chi connectivity index (χ0n) is 21.0. The Morgan fingerprint density at radius 1 is 1.00 bits per heavy atom. The first-order valence-corrected chi connectivity index (χ1v) is 15.5. The molecule has 2 aliphatic heterocycles. The Labute approximate surface area is 233 Å². The molecular formula is C28H32Cl2N2O5S. The predicted molar refractivity (Wildman–Crippen MR) is 147 cm³/mol. The maximum atomic E-state index is 14.1. The summed E-state index contributed by atoms with van der Waals surface area (Å²) >= 11 is 12.6. The molecule has 4 atom stereocenters. The first-order chi connectivity index (χ1) is 18.1. The van der Waals surface area contributed by atoms with Gasteiger partial charge in [0, 0.05) is 35.0 Å². The lowest BCUT2D eigenvalue weighted by Crippen LogP contribution is -2.55. The lowest BCUT2D eigenvalue weighted by Gasteiger charge is -2.48. The second-order valence-corrected chi connectivity index (χ2v) is 13.6. The van der Waals surface area contributed by atoms with Gasteiger partial charge >= 0.3 is 5.97 Å². The maximum Gasteiger partial charge on any atom is 0.304 e. The van der Waals surface area contributed by atoms with Gasteiger partial charge in [0.2, 0.25) is 15.9 Å². The van der Waals surface area contributed by atoms with Crippen LogP contribution in [0.25, 0.3) is 0 Å². The average molecular weight is 580 g/mol. The maximum absolute atomic E-state index is 14.1. The molecule has 5 rings (SSSR count). The van der Waals surface area contributed by atoms with Crippen LogP contribution in [0.3, 0.4) is 0 Å². The van der Waals surface area contributed by atoms with Crippen LogP contribution in [-0.2, 0) is 19.6 Å². The third-order valence-corrected chi connectivity index (χ3v) is 10.5. The van der Waals surface area contributed by atoms with Crippen molar-refractivity contribution in [3.8, 4) is 0 Å². The third kappa shape index (κ3) is 5.88. The summed E-state index contributed by atoms with van der Waals surface area (Å²) in [4.78, 5) is 27.7. The van der Waals surface area contributed by atoms with Crippen molar-refractivity contribution in [3.05, 3.63) is 69.7 Å². The van der Waals surface area contributed by atoms with Crippen LogP contribution >= 0.6 is 23.2 Å². The topological polar surface area (TPSA) is 95.0 Å². The quantitative estimate of drug-likeness (QED) is 0.433.